The van der Waals surface area contributed by atoms with Gasteiger partial charge in [-0.15, -0.1) is 11.3 Å². The Morgan fingerprint density at radius 1 is 1.30 bits per heavy atom. The molecule has 3 rings (SSSR count). The van der Waals surface area contributed by atoms with Crippen molar-refractivity contribution in [1.29, 1.82) is 0 Å². The van der Waals surface area contributed by atoms with Crippen molar-refractivity contribution in [1.82, 2.24) is 4.90 Å². The second-order valence-electron chi connectivity index (χ2n) is 5.72. The van der Waals surface area contributed by atoms with E-state index in [2.05, 4.69) is 12.1 Å². The van der Waals surface area contributed by atoms with Gasteiger partial charge in [-0.3, -0.25) is 4.79 Å². The third-order valence-corrected chi connectivity index (χ3v) is 5.20. The molecule has 0 fully saturated rings. The highest BCUT2D eigenvalue weighted by molar-refractivity contribution is 7.14. The van der Waals surface area contributed by atoms with E-state index in [1.54, 1.807) is 11.3 Å². The molecule has 1 aliphatic heterocycles. The van der Waals surface area contributed by atoms with E-state index < -0.39 is 0 Å². The topological polar surface area (TPSA) is 55.6 Å². The molecule has 2 heterocycles. The highest BCUT2D eigenvalue weighted by Gasteiger charge is 2.21. The Bertz CT molecular complexity index is 631. The largest absolute Gasteiger partial charge is 0.376 e. The van der Waals surface area contributed by atoms with Crippen molar-refractivity contribution in [3.63, 3.8) is 0 Å². The van der Waals surface area contributed by atoms with Crippen LogP contribution in [-0.2, 0) is 24.3 Å². The van der Waals surface area contributed by atoms with Crippen LogP contribution in [0.2, 0.25) is 0 Å². The van der Waals surface area contributed by atoms with E-state index in [1.807, 2.05) is 29.2 Å². The molecule has 0 spiro atoms. The first-order valence-corrected chi connectivity index (χ1v) is 8.82. The maximum Gasteiger partial charge on any atom is 0.264 e. The Kier molecular flexibility index (Phi) is 5.43. The van der Waals surface area contributed by atoms with Crippen LogP contribution < -0.4 is 5.73 Å². The smallest absolute Gasteiger partial charge is 0.264 e. The molecule has 2 aromatic rings. The fourth-order valence-corrected chi connectivity index (χ4v) is 3.86. The molecule has 1 amide bonds. The number of carbonyl (C=O) groups is 1. The molecule has 1 aromatic carbocycles. The van der Waals surface area contributed by atoms with Crippen LogP contribution in [0.25, 0.3) is 0 Å². The lowest BCUT2D eigenvalue weighted by Crippen LogP contribution is -2.32. The van der Waals surface area contributed by atoms with E-state index in [0.717, 1.165) is 29.9 Å². The molecule has 0 saturated carbocycles. The standard InChI is InChI=1S/C18H22N2O2S/c19-8-4-9-20(12-14-5-2-1-3-6-14)18(21)17-11-15-13-22-10-7-16(15)23-17/h1-3,5-6,11H,4,7-10,12-13,19H2. The number of hydrogen-bond donors (Lipinski definition) is 1. The zero-order chi connectivity index (χ0) is 16.1. The van der Waals surface area contributed by atoms with Crippen molar-refractivity contribution in [3.8, 4) is 0 Å². The maximum absolute atomic E-state index is 12.9. The lowest BCUT2D eigenvalue weighted by atomic mass is 10.1. The van der Waals surface area contributed by atoms with Gasteiger partial charge in [0, 0.05) is 24.4 Å². The third-order valence-electron chi connectivity index (χ3n) is 3.97. The Morgan fingerprint density at radius 3 is 2.87 bits per heavy atom. The number of amides is 1. The molecule has 122 valence electrons. The summed E-state index contributed by atoms with van der Waals surface area (Å²) in [4.78, 5) is 16.9. The monoisotopic (exact) mass is 330 g/mol. The molecule has 23 heavy (non-hydrogen) atoms. The van der Waals surface area contributed by atoms with Crippen molar-refractivity contribution in [2.24, 2.45) is 5.73 Å². The van der Waals surface area contributed by atoms with Crippen LogP contribution in [0.3, 0.4) is 0 Å². The van der Waals surface area contributed by atoms with Gasteiger partial charge >= 0.3 is 0 Å². The van der Waals surface area contributed by atoms with Crippen LogP contribution in [0.1, 0.15) is 32.1 Å². The van der Waals surface area contributed by atoms with Gasteiger partial charge in [0.1, 0.15) is 0 Å². The summed E-state index contributed by atoms with van der Waals surface area (Å²) in [6, 6.07) is 12.1. The normalized spacial score (nSPS) is 13.6. The molecule has 5 heteroatoms. The van der Waals surface area contributed by atoms with E-state index in [1.165, 1.54) is 10.4 Å². The summed E-state index contributed by atoms with van der Waals surface area (Å²) in [5.74, 6) is 0.0988. The summed E-state index contributed by atoms with van der Waals surface area (Å²) in [6.07, 6.45) is 1.72. The van der Waals surface area contributed by atoms with Gasteiger partial charge < -0.3 is 15.4 Å². The molecule has 0 bridgehead atoms. The number of fused-ring (bicyclic) bond motifs is 1. The minimum atomic E-state index is 0.0988. The molecule has 2 N–H and O–H groups in total. The highest BCUT2D eigenvalue weighted by atomic mass is 32.1. The van der Waals surface area contributed by atoms with Crippen molar-refractivity contribution >= 4 is 17.2 Å². The molecule has 0 radical (unpaired) electrons. The van der Waals surface area contributed by atoms with Crippen LogP contribution >= 0.6 is 11.3 Å². The molecule has 0 unspecified atom stereocenters. The minimum Gasteiger partial charge on any atom is -0.376 e. The predicted octanol–water partition coefficient (Wildman–Crippen LogP) is 2.81. The average molecular weight is 330 g/mol. The zero-order valence-corrected chi connectivity index (χ0v) is 14.0. The average Bonchev–Trinajstić information content (AvgIpc) is 3.03. The number of hydrogen-bond acceptors (Lipinski definition) is 4. The van der Waals surface area contributed by atoms with E-state index in [0.29, 0.717) is 26.2 Å². The van der Waals surface area contributed by atoms with E-state index >= 15 is 0 Å². The maximum atomic E-state index is 12.9. The molecule has 0 saturated heterocycles. The number of benzene rings is 1. The van der Waals surface area contributed by atoms with Crippen LogP contribution in [0, 0.1) is 0 Å². The quantitative estimate of drug-likeness (QED) is 0.886. The van der Waals surface area contributed by atoms with Crippen molar-refractivity contribution < 1.29 is 9.53 Å². The van der Waals surface area contributed by atoms with Gasteiger partial charge in [-0.25, -0.2) is 0 Å². The Morgan fingerprint density at radius 2 is 2.13 bits per heavy atom. The number of carbonyl (C=O) groups excluding carboxylic acids is 1. The third kappa shape index (κ3) is 3.99. The minimum absolute atomic E-state index is 0.0988. The highest BCUT2D eigenvalue weighted by Crippen LogP contribution is 2.28. The fraction of sp³-hybridized carbons (Fsp3) is 0.389. The number of nitrogens with zero attached hydrogens (tertiary/aromatic N) is 1. The van der Waals surface area contributed by atoms with Crippen molar-refractivity contribution in [2.45, 2.75) is 26.0 Å². The summed E-state index contributed by atoms with van der Waals surface area (Å²) < 4.78 is 5.48. The molecular weight excluding hydrogens is 308 g/mol. The SMILES string of the molecule is NCCCN(Cc1ccccc1)C(=O)c1cc2c(s1)CCOC2. The Hall–Kier alpha value is -1.69. The Balaban J connectivity index is 1.77. The van der Waals surface area contributed by atoms with Crippen LogP contribution in [-0.4, -0.2) is 30.5 Å². The number of rotatable bonds is 6. The summed E-state index contributed by atoms with van der Waals surface area (Å²) in [5, 5.41) is 0. The number of thiophene rings is 1. The summed E-state index contributed by atoms with van der Waals surface area (Å²) in [5.41, 5.74) is 7.95. The second-order valence-corrected chi connectivity index (χ2v) is 6.85. The zero-order valence-electron chi connectivity index (χ0n) is 13.2. The molecule has 0 aliphatic carbocycles. The van der Waals surface area contributed by atoms with Crippen molar-refractivity contribution in [3.05, 3.63) is 57.3 Å². The first-order valence-electron chi connectivity index (χ1n) is 8.00. The first kappa shape index (κ1) is 16.2. The van der Waals surface area contributed by atoms with Crippen LogP contribution in [0.15, 0.2) is 36.4 Å². The predicted molar refractivity (Wildman–Crippen MR) is 92.5 cm³/mol. The summed E-state index contributed by atoms with van der Waals surface area (Å²) in [7, 11) is 0. The molecule has 1 aromatic heterocycles. The lowest BCUT2D eigenvalue weighted by Gasteiger charge is -2.22. The Labute approximate surface area is 140 Å². The van der Waals surface area contributed by atoms with E-state index in [4.69, 9.17) is 10.5 Å². The van der Waals surface area contributed by atoms with Gasteiger partial charge in [-0.1, -0.05) is 30.3 Å². The van der Waals surface area contributed by atoms with Crippen molar-refractivity contribution in [2.75, 3.05) is 19.7 Å². The van der Waals surface area contributed by atoms with Gasteiger partial charge in [-0.2, -0.15) is 0 Å². The van der Waals surface area contributed by atoms with Crippen LogP contribution in [0.5, 0.6) is 0 Å². The molecule has 1 aliphatic rings. The molecule has 4 nitrogen and oxygen atoms in total. The van der Waals surface area contributed by atoms with E-state index in [-0.39, 0.29) is 5.91 Å². The summed E-state index contributed by atoms with van der Waals surface area (Å²) >= 11 is 1.61. The van der Waals surface area contributed by atoms with Gasteiger partial charge in [-0.05, 0) is 30.2 Å². The van der Waals surface area contributed by atoms with Gasteiger partial charge in [0.05, 0.1) is 18.1 Å². The van der Waals surface area contributed by atoms with E-state index in [9.17, 15) is 4.79 Å². The number of ether oxygens (including phenoxy) is 1. The van der Waals surface area contributed by atoms with Crippen LogP contribution in [0.4, 0.5) is 0 Å². The van der Waals surface area contributed by atoms with Gasteiger partial charge in [0.2, 0.25) is 0 Å². The first-order chi connectivity index (χ1) is 11.3. The molecular formula is C18H22N2O2S. The molecule has 0 atom stereocenters. The number of nitrogens with two attached hydrogens (primary N) is 1. The van der Waals surface area contributed by atoms with Gasteiger partial charge in [0.15, 0.2) is 0 Å². The van der Waals surface area contributed by atoms with Gasteiger partial charge in [0.25, 0.3) is 5.91 Å². The summed E-state index contributed by atoms with van der Waals surface area (Å²) in [6.45, 7) is 3.28. The lowest BCUT2D eigenvalue weighted by molar-refractivity contribution is 0.0747. The fourth-order valence-electron chi connectivity index (χ4n) is 2.75. The second kappa shape index (κ2) is 7.73.